The van der Waals surface area contributed by atoms with Crippen LogP contribution in [0.4, 0.5) is 0 Å². The number of nitrogens with zero attached hydrogens (tertiary/aromatic N) is 4. The molecule has 2 heterocycles. The van der Waals surface area contributed by atoms with E-state index < -0.39 is 0 Å². The van der Waals surface area contributed by atoms with Gasteiger partial charge in [0.25, 0.3) is 0 Å². The van der Waals surface area contributed by atoms with Gasteiger partial charge in [-0.05, 0) is 24.9 Å². The van der Waals surface area contributed by atoms with Crippen molar-refractivity contribution in [2.75, 3.05) is 12.0 Å². The first-order chi connectivity index (χ1) is 8.72. The van der Waals surface area contributed by atoms with E-state index in [0.717, 1.165) is 47.8 Å². The van der Waals surface area contributed by atoms with E-state index in [2.05, 4.69) is 27.8 Å². The number of rotatable bonds is 6. The van der Waals surface area contributed by atoms with Crippen LogP contribution < -0.4 is 0 Å². The van der Waals surface area contributed by atoms with Gasteiger partial charge in [0, 0.05) is 13.6 Å². The number of halogens is 1. The van der Waals surface area contributed by atoms with Crippen molar-refractivity contribution in [1.29, 1.82) is 0 Å². The Labute approximate surface area is 117 Å². The van der Waals surface area contributed by atoms with E-state index in [1.807, 2.05) is 23.5 Å². The van der Waals surface area contributed by atoms with Crippen LogP contribution in [0, 0.1) is 0 Å². The molecule has 0 saturated heterocycles. The molecule has 0 N–H and O–H groups in total. The SMILES string of the molecule is CCc1nn(C)c2c1nc(CCl)n2CCCSC. The number of hydrogen-bond acceptors (Lipinski definition) is 3. The Morgan fingerprint density at radius 3 is 2.78 bits per heavy atom. The molecule has 2 aromatic rings. The van der Waals surface area contributed by atoms with Gasteiger partial charge in [-0.3, -0.25) is 4.68 Å². The third-order valence-corrected chi connectivity index (χ3v) is 3.99. The molecule has 18 heavy (non-hydrogen) atoms. The normalized spacial score (nSPS) is 11.6. The van der Waals surface area contributed by atoms with Gasteiger partial charge in [0.05, 0.1) is 11.6 Å². The lowest BCUT2D eigenvalue weighted by atomic mass is 10.3. The molecule has 0 aliphatic carbocycles. The summed E-state index contributed by atoms with van der Waals surface area (Å²) < 4.78 is 4.14. The van der Waals surface area contributed by atoms with Gasteiger partial charge < -0.3 is 4.57 Å². The lowest BCUT2D eigenvalue weighted by Gasteiger charge is -2.07. The van der Waals surface area contributed by atoms with Crippen LogP contribution in [-0.2, 0) is 25.9 Å². The highest BCUT2D eigenvalue weighted by molar-refractivity contribution is 7.98. The number of aryl methyl sites for hydroxylation is 3. The largest absolute Gasteiger partial charge is 0.312 e. The molecule has 4 nitrogen and oxygen atoms in total. The van der Waals surface area contributed by atoms with Crippen LogP contribution >= 0.6 is 23.4 Å². The van der Waals surface area contributed by atoms with Gasteiger partial charge in [-0.2, -0.15) is 16.9 Å². The van der Waals surface area contributed by atoms with Crippen molar-refractivity contribution in [1.82, 2.24) is 19.3 Å². The summed E-state index contributed by atoms with van der Waals surface area (Å²) in [5.74, 6) is 2.56. The van der Waals surface area contributed by atoms with Crippen molar-refractivity contribution < 1.29 is 0 Å². The topological polar surface area (TPSA) is 35.6 Å². The van der Waals surface area contributed by atoms with Crippen LogP contribution in [0.3, 0.4) is 0 Å². The maximum atomic E-state index is 6.00. The lowest BCUT2D eigenvalue weighted by molar-refractivity contribution is 0.642. The van der Waals surface area contributed by atoms with Crippen molar-refractivity contribution in [3.8, 4) is 0 Å². The summed E-state index contributed by atoms with van der Waals surface area (Å²) in [4.78, 5) is 4.64. The van der Waals surface area contributed by atoms with Crippen LogP contribution in [0.5, 0.6) is 0 Å². The second-order valence-corrected chi connectivity index (χ2v) is 5.51. The van der Waals surface area contributed by atoms with Gasteiger partial charge in [0.15, 0.2) is 5.65 Å². The van der Waals surface area contributed by atoms with E-state index in [-0.39, 0.29) is 0 Å². The van der Waals surface area contributed by atoms with Gasteiger partial charge in [-0.1, -0.05) is 6.92 Å². The number of alkyl halides is 1. The minimum atomic E-state index is 0.455. The Kier molecular flexibility index (Phi) is 4.56. The highest BCUT2D eigenvalue weighted by atomic mass is 35.5. The molecular formula is C12H19ClN4S. The average Bonchev–Trinajstić information content (AvgIpc) is 2.88. The average molecular weight is 287 g/mol. The minimum Gasteiger partial charge on any atom is -0.312 e. The summed E-state index contributed by atoms with van der Waals surface area (Å²) in [6.45, 7) is 3.07. The van der Waals surface area contributed by atoms with Crippen molar-refractivity contribution >= 4 is 34.5 Å². The van der Waals surface area contributed by atoms with Crippen LogP contribution in [0.15, 0.2) is 0 Å². The predicted molar refractivity (Wildman–Crippen MR) is 78.4 cm³/mol. The molecule has 6 heteroatoms. The molecule has 0 unspecified atom stereocenters. The summed E-state index contributed by atoms with van der Waals surface area (Å²) in [5, 5.41) is 4.52. The quantitative estimate of drug-likeness (QED) is 0.605. The van der Waals surface area contributed by atoms with E-state index in [1.165, 1.54) is 0 Å². The van der Waals surface area contributed by atoms with Crippen molar-refractivity contribution in [2.45, 2.75) is 32.2 Å². The number of thioether (sulfide) groups is 1. The zero-order chi connectivity index (χ0) is 13.1. The molecule has 0 aliphatic heterocycles. The third kappa shape index (κ3) is 2.38. The fourth-order valence-electron chi connectivity index (χ4n) is 2.23. The standard InChI is InChI=1S/C12H19ClN4S/c1-4-9-11-12(16(2)15-9)17(6-5-7-18-3)10(8-13)14-11/h4-8H2,1-3H3. The third-order valence-electron chi connectivity index (χ3n) is 3.06. The molecule has 0 radical (unpaired) electrons. The molecule has 0 fully saturated rings. The Hall–Kier alpha value is -0.680. The first-order valence-corrected chi connectivity index (χ1v) is 8.11. The van der Waals surface area contributed by atoms with Gasteiger partial charge >= 0.3 is 0 Å². The van der Waals surface area contributed by atoms with E-state index in [9.17, 15) is 0 Å². The first kappa shape index (κ1) is 13.7. The molecule has 0 atom stereocenters. The fraction of sp³-hybridized carbons (Fsp3) is 0.667. The molecule has 0 aromatic carbocycles. The summed E-state index contributed by atoms with van der Waals surface area (Å²) in [6, 6.07) is 0. The van der Waals surface area contributed by atoms with Gasteiger partial charge in [-0.15, -0.1) is 11.6 Å². The smallest absolute Gasteiger partial charge is 0.158 e. The summed E-state index contributed by atoms with van der Waals surface area (Å²) in [7, 11) is 1.98. The fourth-order valence-corrected chi connectivity index (χ4v) is 2.85. The van der Waals surface area contributed by atoms with E-state index >= 15 is 0 Å². The van der Waals surface area contributed by atoms with Gasteiger partial charge in [0.2, 0.25) is 0 Å². The highest BCUT2D eigenvalue weighted by Gasteiger charge is 2.17. The van der Waals surface area contributed by atoms with E-state index in [0.29, 0.717) is 5.88 Å². The van der Waals surface area contributed by atoms with Crippen LogP contribution in [0.1, 0.15) is 24.9 Å². The summed E-state index contributed by atoms with van der Waals surface area (Å²) in [6.07, 6.45) is 4.16. The molecule has 2 rings (SSSR count). The number of imidazole rings is 1. The van der Waals surface area contributed by atoms with Gasteiger partial charge in [0.1, 0.15) is 11.3 Å². The second-order valence-electron chi connectivity index (χ2n) is 4.26. The molecule has 0 saturated carbocycles. The monoisotopic (exact) mass is 286 g/mol. The second kappa shape index (κ2) is 5.97. The molecule has 0 aliphatic rings. The minimum absolute atomic E-state index is 0.455. The van der Waals surface area contributed by atoms with Gasteiger partial charge in [-0.25, -0.2) is 4.98 Å². The maximum absolute atomic E-state index is 6.00. The van der Waals surface area contributed by atoms with Crippen LogP contribution in [-0.4, -0.2) is 31.3 Å². The van der Waals surface area contributed by atoms with E-state index in [4.69, 9.17) is 11.6 Å². The summed E-state index contributed by atoms with van der Waals surface area (Å²) >= 11 is 7.87. The van der Waals surface area contributed by atoms with Crippen LogP contribution in [0.2, 0.25) is 0 Å². The Morgan fingerprint density at radius 1 is 1.39 bits per heavy atom. The Balaban J connectivity index is 2.44. The highest BCUT2D eigenvalue weighted by Crippen LogP contribution is 2.21. The number of aromatic nitrogens is 4. The Bertz CT molecular complexity index is 532. The predicted octanol–water partition coefficient (Wildman–Crippen LogP) is 2.82. The molecule has 100 valence electrons. The van der Waals surface area contributed by atoms with Crippen molar-refractivity contribution in [2.24, 2.45) is 7.05 Å². The Morgan fingerprint density at radius 2 is 2.17 bits per heavy atom. The lowest BCUT2D eigenvalue weighted by Crippen LogP contribution is -2.07. The molecule has 0 amide bonds. The maximum Gasteiger partial charge on any atom is 0.158 e. The number of hydrogen-bond donors (Lipinski definition) is 0. The molecular weight excluding hydrogens is 268 g/mol. The molecule has 2 aromatic heterocycles. The van der Waals surface area contributed by atoms with Crippen molar-refractivity contribution in [3.63, 3.8) is 0 Å². The zero-order valence-corrected chi connectivity index (χ0v) is 12.7. The van der Waals surface area contributed by atoms with E-state index in [1.54, 1.807) is 0 Å². The first-order valence-electron chi connectivity index (χ1n) is 6.18. The van der Waals surface area contributed by atoms with Crippen molar-refractivity contribution in [3.05, 3.63) is 11.5 Å². The zero-order valence-electron chi connectivity index (χ0n) is 11.1. The number of fused-ring (bicyclic) bond motifs is 1. The molecule has 0 spiro atoms. The van der Waals surface area contributed by atoms with Crippen LogP contribution in [0.25, 0.3) is 11.2 Å². The summed E-state index contributed by atoms with van der Waals surface area (Å²) in [5.41, 5.74) is 3.17. The molecule has 0 bridgehead atoms.